The second-order valence-corrected chi connectivity index (χ2v) is 7.22. The summed E-state index contributed by atoms with van der Waals surface area (Å²) >= 11 is 0. The van der Waals surface area contributed by atoms with Gasteiger partial charge in [0.05, 0.1) is 5.75 Å². The maximum atomic E-state index is 12.1. The molecule has 1 aliphatic rings. The molecular weight excluding hydrogens is 264 g/mol. The molecule has 6 heteroatoms. The van der Waals surface area contributed by atoms with Gasteiger partial charge in [0, 0.05) is 18.8 Å². The van der Waals surface area contributed by atoms with E-state index in [2.05, 4.69) is 10.6 Å². The van der Waals surface area contributed by atoms with Gasteiger partial charge in [0.15, 0.2) is 9.84 Å². The van der Waals surface area contributed by atoms with Gasteiger partial charge in [-0.3, -0.25) is 4.79 Å². The van der Waals surface area contributed by atoms with Crippen LogP contribution >= 0.6 is 0 Å². The third-order valence-corrected chi connectivity index (χ3v) is 5.51. The van der Waals surface area contributed by atoms with Gasteiger partial charge < -0.3 is 10.6 Å². The first-order chi connectivity index (χ1) is 8.99. The lowest BCUT2D eigenvalue weighted by molar-refractivity contribution is -0.115. The summed E-state index contributed by atoms with van der Waals surface area (Å²) in [4.78, 5) is 11.9. The van der Waals surface area contributed by atoms with Crippen LogP contribution < -0.4 is 10.6 Å². The number of sulfone groups is 1. The molecule has 104 valence electrons. The van der Waals surface area contributed by atoms with Gasteiger partial charge in [-0.1, -0.05) is 18.2 Å². The molecule has 1 atom stereocenters. The first-order valence-electron chi connectivity index (χ1n) is 6.27. The van der Waals surface area contributed by atoms with Crippen LogP contribution in [0.5, 0.6) is 0 Å². The minimum Gasteiger partial charge on any atom is -0.325 e. The van der Waals surface area contributed by atoms with Crippen molar-refractivity contribution in [1.82, 2.24) is 5.32 Å². The molecule has 1 unspecified atom stereocenters. The highest BCUT2D eigenvalue weighted by atomic mass is 32.2. The summed E-state index contributed by atoms with van der Waals surface area (Å²) in [5, 5.41) is 4.63. The number of anilines is 1. The highest BCUT2D eigenvalue weighted by molar-refractivity contribution is 7.92. The number of rotatable bonds is 5. The van der Waals surface area contributed by atoms with Gasteiger partial charge in [-0.2, -0.15) is 0 Å². The molecular formula is C13H18N2O3S. The second-order valence-electron chi connectivity index (χ2n) is 4.85. The summed E-state index contributed by atoms with van der Waals surface area (Å²) < 4.78 is 24.2. The Hall–Kier alpha value is -1.40. The monoisotopic (exact) mass is 282 g/mol. The number of carbonyl (C=O) groups excluding carboxylic acids is 1. The van der Waals surface area contributed by atoms with Crippen molar-refractivity contribution < 1.29 is 13.2 Å². The van der Waals surface area contributed by atoms with Gasteiger partial charge in [0.25, 0.3) is 0 Å². The molecule has 2 N–H and O–H groups in total. The summed E-state index contributed by atoms with van der Waals surface area (Å²) in [5.74, 6) is -0.265. The molecule has 1 heterocycles. The zero-order valence-corrected chi connectivity index (χ0v) is 11.6. The lowest BCUT2D eigenvalue weighted by Crippen LogP contribution is -2.47. The first kappa shape index (κ1) is 14.0. The maximum absolute atomic E-state index is 12.1. The van der Waals surface area contributed by atoms with E-state index in [1.54, 1.807) is 24.3 Å². The summed E-state index contributed by atoms with van der Waals surface area (Å²) in [5.41, 5.74) is 0.611. The predicted octanol–water partition coefficient (Wildman–Crippen LogP) is 0.648. The zero-order valence-electron chi connectivity index (χ0n) is 10.8. The van der Waals surface area contributed by atoms with Crippen molar-refractivity contribution in [2.45, 2.75) is 12.2 Å². The topological polar surface area (TPSA) is 75.3 Å². The van der Waals surface area contributed by atoms with E-state index < -0.39 is 21.0 Å². The maximum Gasteiger partial charge on any atom is 0.242 e. The Bertz CT molecular complexity index is 538. The Kier molecular flexibility index (Phi) is 4.21. The molecule has 1 aromatic rings. The van der Waals surface area contributed by atoms with E-state index in [4.69, 9.17) is 0 Å². The molecule has 0 aliphatic carbocycles. The van der Waals surface area contributed by atoms with Crippen LogP contribution in [0.25, 0.3) is 0 Å². The second kappa shape index (κ2) is 5.71. The minimum atomic E-state index is -3.39. The van der Waals surface area contributed by atoms with E-state index in [0.29, 0.717) is 18.8 Å². The number of para-hydroxylation sites is 1. The molecule has 0 bridgehead atoms. The highest BCUT2D eigenvalue weighted by Gasteiger charge is 2.32. The first-order valence-corrected chi connectivity index (χ1v) is 7.99. The molecule has 0 saturated carbocycles. The van der Waals surface area contributed by atoms with Crippen LogP contribution in [0.15, 0.2) is 30.3 Å². The van der Waals surface area contributed by atoms with Gasteiger partial charge in [0.1, 0.15) is 5.25 Å². The van der Waals surface area contributed by atoms with E-state index >= 15 is 0 Å². The van der Waals surface area contributed by atoms with Crippen LogP contribution in [0.1, 0.15) is 6.92 Å². The van der Waals surface area contributed by atoms with Crippen molar-refractivity contribution in [2.75, 3.05) is 24.2 Å². The third kappa shape index (κ3) is 3.54. The van der Waals surface area contributed by atoms with Crippen molar-refractivity contribution in [3.63, 3.8) is 0 Å². The fourth-order valence-electron chi connectivity index (χ4n) is 1.87. The van der Waals surface area contributed by atoms with Crippen molar-refractivity contribution >= 4 is 21.4 Å². The van der Waals surface area contributed by atoms with Crippen LogP contribution in [-0.2, 0) is 14.6 Å². The average Bonchev–Trinajstić information content (AvgIpc) is 2.34. The number of amides is 1. The molecule has 0 radical (unpaired) electrons. The summed E-state index contributed by atoms with van der Waals surface area (Å²) in [6.07, 6.45) is 0. The largest absolute Gasteiger partial charge is 0.325 e. The SMILES string of the molecule is CC(C(=O)Nc1ccccc1)S(=O)(=O)CC1CNC1. The Morgan fingerprint density at radius 3 is 2.53 bits per heavy atom. The van der Waals surface area contributed by atoms with E-state index in [-0.39, 0.29) is 11.7 Å². The molecule has 0 aromatic heterocycles. The van der Waals surface area contributed by atoms with Crippen molar-refractivity contribution in [2.24, 2.45) is 5.92 Å². The molecule has 19 heavy (non-hydrogen) atoms. The third-order valence-electron chi connectivity index (χ3n) is 3.28. The number of hydrogen-bond acceptors (Lipinski definition) is 4. The zero-order chi connectivity index (χ0) is 13.9. The van der Waals surface area contributed by atoms with Gasteiger partial charge in [-0.05, 0) is 25.0 Å². The van der Waals surface area contributed by atoms with Crippen molar-refractivity contribution in [1.29, 1.82) is 0 Å². The number of hydrogen-bond donors (Lipinski definition) is 2. The van der Waals surface area contributed by atoms with E-state index in [1.165, 1.54) is 6.92 Å². The van der Waals surface area contributed by atoms with E-state index in [9.17, 15) is 13.2 Å². The van der Waals surface area contributed by atoms with Crippen molar-refractivity contribution in [3.8, 4) is 0 Å². The number of benzene rings is 1. The van der Waals surface area contributed by atoms with Crippen LogP contribution in [0, 0.1) is 5.92 Å². The molecule has 1 fully saturated rings. The Labute approximate surface area is 113 Å². The van der Waals surface area contributed by atoms with Gasteiger partial charge >= 0.3 is 0 Å². The van der Waals surface area contributed by atoms with Gasteiger partial charge in [-0.25, -0.2) is 8.42 Å². The number of nitrogens with one attached hydrogen (secondary N) is 2. The Balaban J connectivity index is 1.98. The van der Waals surface area contributed by atoms with Crippen LogP contribution in [0.3, 0.4) is 0 Å². The van der Waals surface area contributed by atoms with E-state index in [1.807, 2.05) is 6.07 Å². The average molecular weight is 282 g/mol. The molecule has 1 aromatic carbocycles. The molecule has 1 amide bonds. The fourth-order valence-corrected chi connectivity index (χ4v) is 3.43. The van der Waals surface area contributed by atoms with Gasteiger partial charge in [-0.15, -0.1) is 0 Å². The lowest BCUT2D eigenvalue weighted by atomic mass is 10.1. The quantitative estimate of drug-likeness (QED) is 0.831. The molecule has 1 saturated heterocycles. The lowest BCUT2D eigenvalue weighted by Gasteiger charge is -2.27. The minimum absolute atomic E-state index is 0.0728. The fraction of sp³-hybridized carbons (Fsp3) is 0.462. The van der Waals surface area contributed by atoms with Crippen LogP contribution in [0.4, 0.5) is 5.69 Å². The van der Waals surface area contributed by atoms with Crippen molar-refractivity contribution in [3.05, 3.63) is 30.3 Å². The summed E-state index contributed by atoms with van der Waals surface area (Å²) in [6.45, 7) is 2.87. The smallest absolute Gasteiger partial charge is 0.242 e. The standard InChI is InChI=1S/C13H18N2O3S/c1-10(19(17,18)9-11-7-14-8-11)13(16)15-12-5-3-2-4-6-12/h2-6,10-11,14H,7-9H2,1H3,(H,15,16). The molecule has 0 spiro atoms. The Morgan fingerprint density at radius 2 is 2.00 bits per heavy atom. The van der Waals surface area contributed by atoms with E-state index in [0.717, 1.165) is 0 Å². The molecule has 1 aliphatic heterocycles. The van der Waals surface area contributed by atoms with Crippen LogP contribution in [-0.4, -0.2) is 38.4 Å². The molecule has 5 nitrogen and oxygen atoms in total. The molecule has 2 rings (SSSR count). The number of carbonyl (C=O) groups is 1. The van der Waals surface area contributed by atoms with Gasteiger partial charge in [0.2, 0.25) is 5.91 Å². The Morgan fingerprint density at radius 1 is 1.37 bits per heavy atom. The summed E-state index contributed by atoms with van der Waals surface area (Å²) in [7, 11) is -3.39. The van der Waals surface area contributed by atoms with Crippen LogP contribution in [0.2, 0.25) is 0 Å². The highest BCUT2D eigenvalue weighted by Crippen LogP contribution is 2.14. The summed E-state index contributed by atoms with van der Waals surface area (Å²) in [6, 6.07) is 8.86. The normalized spacial score (nSPS) is 17.5. The predicted molar refractivity (Wildman–Crippen MR) is 74.7 cm³/mol.